The maximum absolute atomic E-state index is 14.1. The smallest absolute Gasteiger partial charge is 0.333 e. The third-order valence-corrected chi connectivity index (χ3v) is 2.93. The number of carbonyl (C=O) groups is 1. The van der Waals surface area contributed by atoms with Gasteiger partial charge in [-0.15, -0.1) is 0 Å². The summed E-state index contributed by atoms with van der Waals surface area (Å²) in [5.74, 6) is -0.912. The number of esters is 1. The van der Waals surface area contributed by atoms with Crippen LogP contribution in [0.4, 0.5) is 10.1 Å². The van der Waals surface area contributed by atoms with Gasteiger partial charge in [0.1, 0.15) is 11.6 Å². The number of nitrogens with one attached hydrogen (secondary N) is 1. The van der Waals surface area contributed by atoms with Gasteiger partial charge >= 0.3 is 5.97 Å². The van der Waals surface area contributed by atoms with Crippen LogP contribution in [0.15, 0.2) is 42.7 Å². The van der Waals surface area contributed by atoms with E-state index in [9.17, 15) is 9.18 Å². The molecule has 1 aromatic heterocycles. The van der Waals surface area contributed by atoms with E-state index in [1.807, 2.05) is 0 Å². The number of hydrogen-bond donors (Lipinski definition) is 1. The molecular weight excluding hydrogens is 275 g/mol. The first-order valence-corrected chi connectivity index (χ1v) is 6.24. The number of methoxy groups -OCH3 is 2. The van der Waals surface area contributed by atoms with E-state index in [4.69, 9.17) is 9.47 Å². The van der Waals surface area contributed by atoms with Gasteiger partial charge < -0.3 is 14.8 Å². The van der Waals surface area contributed by atoms with Crippen LogP contribution in [0.5, 0.6) is 5.75 Å². The molecule has 1 aromatic carbocycles. The van der Waals surface area contributed by atoms with Crippen LogP contribution >= 0.6 is 0 Å². The molecular formula is C15H15FN2O3. The molecule has 0 bridgehead atoms. The van der Waals surface area contributed by atoms with Crippen molar-refractivity contribution >= 4 is 11.7 Å². The highest BCUT2D eigenvalue weighted by Gasteiger charge is 2.28. The fourth-order valence-corrected chi connectivity index (χ4v) is 1.96. The first-order chi connectivity index (χ1) is 10.2. The molecule has 1 unspecified atom stereocenters. The summed E-state index contributed by atoms with van der Waals surface area (Å²) in [5.41, 5.74) is 0.661. The van der Waals surface area contributed by atoms with Gasteiger partial charge in [0.15, 0.2) is 6.04 Å². The van der Waals surface area contributed by atoms with Gasteiger partial charge in [-0.05, 0) is 24.3 Å². The highest BCUT2D eigenvalue weighted by Crippen LogP contribution is 2.31. The summed E-state index contributed by atoms with van der Waals surface area (Å²) in [5, 5.41) is 2.90. The zero-order valence-electron chi connectivity index (χ0n) is 11.7. The molecule has 0 fully saturated rings. The highest BCUT2D eigenvalue weighted by atomic mass is 19.1. The summed E-state index contributed by atoms with van der Waals surface area (Å²) in [4.78, 5) is 16.0. The second kappa shape index (κ2) is 6.69. The summed E-state index contributed by atoms with van der Waals surface area (Å²) >= 11 is 0. The summed E-state index contributed by atoms with van der Waals surface area (Å²) in [6, 6.07) is 6.75. The third kappa shape index (κ3) is 3.28. The SMILES string of the molecule is COC(=O)C(Nc1cccnc1)c1c(F)cccc1OC. The fraction of sp³-hybridized carbons (Fsp3) is 0.200. The highest BCUT2D eigenvalue weighted by molar-refractivity contribution is 5.82. The van der Waals surface area contributed by atoms with E-state index in [2.05, 4.69) is 10.3 Å². The topological polar surface area (TPSA) is 60.5 Å². The Morgan fingerprint density at radius 3 is 2.71 bits per heavy atom. The van der Waals surface area contributed by atoms with Crippen molar-refractivity contribution in [2.45, 2.75) is 6.04 Å². The van der Waals surface area contributed by atoms with Gasteiger partial charge in [-0.3, -0.25) is 4.98 Å². The number of halogens is 1. The quantitative estimate of drug-likeness (QED) is 0.858. The van der Waals surface area contributed by atoms with E-state index in [1.165, 1.54) is 32.5 Å². The van der Waals surface area contributed by atoms with Crippen molar-refractivity contribution in [3.8, 4) is 5.75 Å². The molecule has 2 rings (SSSR count). The van der Waals surface area contributed by atoms with Crippen LogP contribution in [-0.2, 0) is 9.53 Å². The van der Waals surface area contributed by atoms with Crippen molar-refractivity contribution in [1.29, 1.82) is 0 Å². The van der Waals surface area contributed by atoms with Crippen LogP contribution in [0.25, 0.3) is 0 Å². The number of pyridine rings is 1. The van der Waals surface area contributed by atoms with Crippen molar-refractivity contribution in [3.05, 3.63) is 54.1 Å². The minimum atomic E-state index is -1.03. The molecule has 2 aromatic rings. The minimum Gasteiger partial charge on any atom is -0.496 e. The number of aromatic nitrogens is 1. The molecule has 5 nitrogen and oxygen atoms in total. The second-order valence-electron chi connectivity index (χ2n) is 4.20. The summed E-state index contributed by atoms with van der Waals surface area (Å²) in [6.45, 7) is 0. The molecule has 1 atom stereocenters. The Hall–Kier alpha value is -2.63. The Morgan fingerprint density at radius 2 is 2.10 bits per heavy atom. The van der Waals surface area contributed by atoms with E-state index in [-0.39, 0.29) is 11.3 Å². The lowest BCUT2D eigenvalue weighted by molar-refractivity contribution is -0.141. The van der Waals surface area contributed by atoms with E-state index in [0.717, 1.165) is 0 Å². The number of nitrogens with zero attached hydrogens (tertiary/aromatic N) is 1. The van der Waals surface area contributed by atoms with E-state index in [0.29, 0.717) is 5.69 Å². The average molecular weight is 290 g/mol. The molecule has 0 saturated carbocycles. The van der Waals surface area contributed by atoms with Crippen molar-refractivity contribution < 1.29 is 18.7 Å². The van der Waals surface area contributed by atoms with Gasteiger partial charge in [-0.1, -0.05) is 6.07 Å². The van der Waals surface area contributed by atoms with Crippen molar-refractivity contribution in [2.75, 3.05) is 19.5 Å². The van der Waals surface area contributed by atoms with Crippen LogP contribution in [0, 0.1) is 5.82 Å². The van der Waals surface area contributed by atoms with Gasteiger partial charge in [0.25, 0.3) is 0 Å². The lowest BCUT2D eigenvalue weighted by Crippen LogP contribution is -2.24. The normalized spacial score (nSPS) is 11.6. The molecule has 0 radical (unpaired) electrons. The fourth-order valence-electron chi connectivity index (χ4n) is 1.96. The Morgan fingerprint density at radius 1 is 1.29 bits per heavy atom. The van der Waals surface area contributed by atoms with Crippen LogP contribution in [0.1, 0.15) is 11.6 Å². The van der Waals surface area contributed by atoms with Crippen LogP contribution in [0.3, 0.4) is 0 Å². The number of anilines is 1. The predicted molar refractivity (Wildman–Crippen MR) is 75.6 cm³/mol. The lowest BCUT2D eigenvalue weighted by atomic mass is 10.0. The number of ether oxygens (including phenoxy) is 2. The monoisotopic (exact) mass is 290 g/mol. The van der Waals surface area contributed by atoms with Gasteiger partial charge in [0.05, 0.1) is 25.5 Å². The largest absolute Gasteiger partial charge is 0.496 e. The maximum atomic E-state index is 14.1. The molecule has 1 N–H and O–H groups in total. The number of hydrogen-bond acceptors (Lipinski definition) is 5. The minimum absolute atomic E-state index is 0.0932. The Bertz CT molecular complexity index is 620. The molecule has 0 spiro atoms. The van der Waals surface area contributed by atoms with Crippen LogP contribution in [-0.4, -0.2) is 25.2 Å². The van der Waals surface area contributed by atoms with Crippen LogP contribution < -0.4 is 10.1 Å². The number of carbonyl (C=O) groups excluding carboxylic acids is 1. The first kappa shape index (κ1) is 14.8. The first-order valence-electron chi connectivity index (χ1n) is 6.24. The zero-order valence-corrected chi connectivity index (χ0v) is 11.7. The van der Waals surface area contributed by atoms with Crippen molar-refractivity contribution in [1.82, 2.24) is 4.98 Å². The van der Waals surface area contributed by atoms with Gasteiger partial charge in [0.2, 0.25) is 0 Å². The van der Waals surface area contributed by atoms with Gasteiger partial charge in [-0.2, -0.15) is 0 Å². The number of rotatable bonds is 5. The van der Waals surface area contributed by atoms with E-state index >= 15 is 0 Å². The molecule has 0 saturated heterocycles. The van der Waals surface area contributed by atoms with Gasteiger partial charge in [-0.25, -0.2) is 9.18 Å². The Balaban J connectivity index is 2.44. The summed E-state index contributed by atoms with van der Waals surface area (Å²) in [6.07, 6.45) is 3.13. The predicted octanol–water partition coefficient (Wildman–Crippen LogP) is 2.56. The molecule has 0 aliphatic heterocycles. The third-order valence-electron chi connectivity index (χ3n) is 2.93. The molecule has 110 valence electrons. The van der Waals surface area contributed by atoms with E-state index in [1.54, 1.807) is 24.4 Å². The molecule has 0 amide bonds. The Labute approximate surface area is 121 Å². The average Bonchev–Trinajstić information content (AvgIpc) is 2.53. The second-order valence-corrected chi connectivity index (χ2v) is 4.20. The summed E-state index contributed by atoms with van der Waals surface area (Å²) < 4.78 is 24.0. The standard InChI is InChI=1S/C15H15FN2O3/c1-20-12-7-3-6-11(16)13(12)14(15(19)21-2)18-10-5-4-8-17-9-10/h3-9,14,18H,1-2H3. The molecule has 21 heavy (non-hydrogen) atoms. The molecule has 6 heteroatoms. The van der Waals surface area contributed by atoms with Crippen molar-refractivity contribution in [2.24, 2.45) is 0 Å². The van der Waals surface area contributed by atoms with E-state index < -0.39 is 17.8 Å². The lowest BCUT2D eigenvalue weighted by Gasteiger charge is -2.20. The van der Waals surface area contributed by atoms with Gasteiger partial charge in [0, 0.05) is 12.4 Å². The molecule has 0 aliphatic rings. The zero-order chi connectivity index (χ0) is 15.2. The summed E-state index contributed by atoms with van der Waals surface area (Å²) in [7, 11) is 2.66. The molecule has 1 heterocycles. The van der Waals surface area contributed by atoms with Crippen LogP contribution in [0.2, 0.25) is 0 Å². The van der Waals surface area contributed by atoms with Crippen molar-refractivity contribution in [3.63, 3.8) is 0 Å². The molecule has 0 aliphatic carbocycles. The Kier molecular flexibility index (Phi) is 4.71. The maximum Gasteiger partial charge on any atom is 0.333 e. The number of benzene rings is 1.